The number of sulfonamides is 1. The number of methoxy groups -OCH3 is 1. The standard InChI is InChI=1S/C30H36N4O7S.ClH/c1-40-26-9-11-27(12-10-26)42(38,39)34(22-24-13-17-31-18-14-24)28(29(35)32-37)25-15-19-33(20-16-25)30(36)41-21-5-8-23-6-3-2-4-7-23;/h2-4,6-7,9-14,17-18,25,28,37H,5,8,15-16,19-22H2,1H3,(H,32,35);1H/t28-;/m1./s1. The van der Waals surface area contributed by atoms with Crippen molar-refractivity contribution in [3.63, 3.8) is 0 Å². The van der Waals surface area contributed by atoms with Crippen LogP contribution in [0.15, 0.2) is 84.0 Å². The lowest BCUT2D eigenvalue weighted by atomic mass is 9.88. The van der Waals surface area contributed by atoms with Crippen molar-refractivity contribution in [1.29, 1.82) is 0 Å². The summed E-state index contributed by atoms with van der Waals surface area (Å²) < 4.78 is 39.7. The van der Waals surface area contributed by atoms with Gasteiger partial charge in [-0.2, -0.15) is 4.31 Å². The molecular formula is C30H37ClN4O7S. The SMILES string of the molecule is COc1ccc(S(=O)(=O)N(Cc2ccncc2)[C@@H](C(=O)NO)C2CCN(C(=O)OCCCc3ccccc3)CC2)cc1.Cl. The molecule has 2 heterocycles. The predicted molar refractivity (Wildman–Crippen MR) is 161 cm³/mol. The Morgan fingerprint density at radius 1 is 1.02 bits per heavy atom. The molecule has 2 aromatic carbocycles. The van der Waals surface area contributed by atoms with Crippen LogP contribution in [0.25, 0.3) is 0 Å². The highest BCUT2D eigenvalue weighted by atomic mass is 35.5. The lowest BCUT2D eigenvalue weighted by Gasteiger charge is -2.39. The first-order chi connectivity index (χ1) is 20.3. The molecule has 1 fully saturated rings. The van der Waals surface area contributed by atoms with Gasteiger partial charge < -0.3 is 14.4 Å². The van der Waals surface area contributed by atoms with Crippen LogP contribution < -0.4 is 10.2 Å². The second-order valence-corrected chi connectivity index (χ2v) is 11.9. The number of halogens is 1. The minimum absolute atomic E-state index is 0. The second kappa shape index (κ2) is 16.2. The largest absolute Gasteiger partial charge is 0.497 e. The quantitative estimate of drug-likeness (QED) is 0.173. The van der Waals surface area contributed by atoms with E-state index in [0.29, 0.717) is 30.6 Å². The van der Waals surface area contributed by atoms with E-state index in [1.807, 2.05) is 30.3 Å². The molecule has 1 aliphatic rings. The van der Waals surface area contributed by atoms with Crippen molar-refractivity contribution in [3.8, 4) is 5.75 Å². The number of hydroxylamine groups is 1. The maximum absolute atomic E-state index is 14.0. The normalized spacial score (nSPS) is 14.4. The Hall–Kier alpha value is -3.71. The highest BCUT2D eigenvalue weighted by Gasteiger charge is 2.42. The van der Waals surface area contributed by atoms with Crippen LogP contribution in [-0.2, 0) is 32.5 Å². The molecule has 2 N–H and O–H groups in total. The number of nitrogens with zero attached hydrogens (tertiary/aromatic N) is 3. The first-order valence-electron chi connectivity index (χ1n) is 13.8. The molecule has 0 radical (unpaired) electrons. The van der Waals surface area contributed by atoms with Gasteiger partial charge in [-0.05, 0) is 79.1 Å². The molecule has 0 aliphatic carbocycles. The number of rotatable bonds is 12. The van der Waals surface area contributed by atoms with Crippen LogP contribution in [0.5, 0.6) is 5.75 Å². The number of piperidine rings is 1. The van der Waals surface area contributed by atoms with Gasteiger partial charge in [0, 0.05) is 32.0 Å². The lowest BCUT2D eigenvalue weighted by Crippen LogP contribution is -2.55. The predicted octanol–water partition coefficient (Wildman–Crippen LogP) is 4.06. The van der Waals surface area contributed by atoms with E-state index in [9.17, 15) is 23.2 Å². The van der Waals surface area contributed by atoms with Crippen LogP contribution in [0.2, 0.25) is 0 Å². The maximum Gasteiger partial charge on any atom is 0.409 e. The molecule has 13 heteroatoms. The summed E-state index contributed by atoms with van der Waals surface area (Å²) in [5.41, 5.74) is 3.46. The Morgan fingerprint density at radius 2 is 1.67 bits per heavy atom. The molecule has 2 amide bonds. The molecule has 0 saturated carbocycles. The summed E-state index contributed by atoms with van der Waals surface area (Å²) in [5.74, 6) is -0.837. The average Bonchev–Trinajstić information content (AvgIpc) is 3.03. The van der Waals surface area contributed by atoms with Gasteiger partial charge >= 0.3 is 6.09 Å². The number of aryl methyl sites for hydroxylation is 1. The second-order valence-electron chi connectivity index (χ2n) is 10.0. The monoisotopic (exact) mass is 632 g/mol. The Bertz CT molecular complexity index is 1410. The number of pyridine rings is 1. The van der Waals surface area contributed by atoms with Crippen LogP contribution in [0.4, 0.5) is 4.79 Å². The number of aromatic nitrogens is 1. The molecule has 0 bridgehead atoms. The third kappa shape index (κ3) is 8.90. The molecule has 43 heavy (non-hydrogen) atoms. The van der Waals surface area contributed by atoms with Crippen molar-refractivity contribution in [3.05, 3.63) is 90.3 Å². The van der Waals surface area contributed by atoms with E-state index in [1.54, 1.807) is 34.9 Å². The molecule has 1 aromatic heterocycles. The van der Waals surface area contributed by atoms with Crippen LogP contribution in [0.3, 0.4) is 0 Å². The van der Waals surface area contributed by atoms with E-state index in [2.05, 4.69) is 4.98 Å². The number of nitrogens with one attached hydrogen (secondary N) is 1. The zero-order valence-electron chi connectivity index (χ0n) is 23.9. The Kier molecular flexibility index (Phi) is 12.7. The zero-order valence-corrected chi connectivity index (χ0v) is 25.5. The first-order valence-corrected chi connectivity index (χ1v) is 15.2. The molecule has 1 aliphatic heterocycles. The van der Waals surface area contributed by atoms with Gasteiger partial charge in [0.1, 0.15) is 11.8 Å². The number of likely N-dealkylation sites (tertiary alicyclic amines) is 1. The summed E-state index contributed by atoms with van der Waals surface area (Å²) >= 11 is 0. The van der Waals surface area contributed by atoms with E-state index < -0.39 is 34.0 Å². The minimum Gasteiger partial charge on any atom is -0.497 e. The molecular weight excluding hydrogens is 596 g/mol. The van der Waals surface area contributed by atoms with Crippen molar-refractivity contribution in [2.45, 2.75) is 43.2 Å². The molecule has 0 spiro atoms. The molecule has 11 nitrogen and oxygen atoms in total. The van der Waals surface area contributed by atoms with Crippen LogP contribution in [0, 0.1) is 5.92 Å². The Labute approximate surface area is 258 Å². The van der Waals surface area contributed by atoms with E-state index >= 15 is 0 Å². The van der Waals surface area contributed by atoms with E-state index in [-0.39, 0.29) is 43.5 Å². The van der Waals surface area contributed by atoms with Gasteiger partial charge in [0.25, 0.3) is 5.91 Å². The summed E-state index contributed by atoms with van der Waals surface area (Å²) in [6, 6.07) is 17.9. The Morgan fingerprint density at radius 3 is 2.28 bits per heavy atom. The zero-order chi connectivity index (χ0) is 30.0. The van der Waals surface area contributed by atoms with Gasteiger partial charge in [0.05, 0.1) is 18.6 Å². The molecule has 1 saturated heterocycles. The van der Waals surface area contributed by atoms with Gasteiger partial charge in [-0.25, -0.2) is 18.7 Å². The number of benzene rings is 2. The fraction of sp³-hybridized carbons (Fsp3) is 0.367. The molecule has 0 unspecified atom stereocenters. The lowest BCUT2D eigenvalue weighted by molar-refractivity contribution is -0.135. The topological polar surface area (TPSA) is 138 Å². The first kappa shape index (κ1) is 33.8. The summed E-state index contributed by atoms with van der Waals surface area (Å²) in [4.78, 5) is 31.4. The fourth-order valence-electron chi connectivity index (χ4n) is 5.10. The highest BCUT2D eigenvalue weighted by molar-refractivity contribution is 7.89. The average molecular weight is 633 g/mol. The van der Waals surface area contributed by atoms with E-state index in [1.165, 1.54) is 36.9 Å². The summed E-state index contributed by atoms with van der Waals surface area (Å²) in [7, 11) is -2.74. The summed E-state index contributed by atoms with van der Waals surface area (Å²) in [6.45, 7) is 0.716. The number of amides is 2. The number of carbonyl (C=O) groups is 2. The number of carbonyl (C=O) groups excluding carboxylic acids is 2. The van der Waals surface area contributed by atoms with Gasteiger partial charge in [0.2, 0.25) is 10.0 Å². The van der Waals surface area contributed by atoms with Gasteiger partial charge in [-0.3, -0.25) is 15.0 Å². The van der Waals surface area contributed by atoms with Crippen molar-refractivity contribution < 1.29 is 32.7 Å². The summed E-state index contributed by atoms with van der Waals surface area (Å²) in [6.07, 6.45) is 4.80. The van der Waals surface area contributed by atoms with E-state index in [0.717, 1.165) is 10.7 Å². The van der Waals surface area contributed by atoms with Crippen molar-refractivity contribution in [2.75, 3.05) is 26.8 Å². The van der Waals surface area contributed by atoms with Crippen molar-refractivity contribution in [1.82, 2.24) is 19.7 Å². The third-order valence-corrected chi connectivity index (χ3v) is 9.21. The smallest absolute Gasteiger partial charge is 0.409 e. The number of hydrogen-bond acceptors (Lipinski definition) is 8. The van der Waals surface area contributed by atoms with Crippen LogP contribution >= 0.6 is 12.4 Å². The highest BCUT2D eigenvalue weighted by Crippen LogP contribution is 2.31. The van der Waals surface area contributed by atoms with Gasteiger partial charge in [0.15, 0.2) is 0 Å². The van der Waals surface area contributed by atoms with E-state index in [4.69, 9.17) is 9.47 Å². The van der Waals surface area contributed by atoms with Crippen LogP contribution in [-0.4, -0.2) is 72.7 Å². The Balaban J connectivity index is 0.00000506. The third-order valence-electron chi connectivity index (χ3n) is 7.37. The van der Waals surface area contributed by atoms with Gasteiger partial charge in [-0.15, -0.1) is 12.4 Å². The van der Waals surface area contributed by atoms with Crippen LogP contribution in [0.1, 0.15) is 30.4 Å². The molecule has 232 valence electrons. The van der Waals surface area contributed by atoms with Crippen molar-refractivity contribution in [2.24, 2.45) is 5.92 Å². The molecule has 3 aromatic rings. The fourth-order valence-corrected chi connectivity index (χ4v) is 6.74. The molecule has 4 rings (SSSR count). The van der Waals surface area contributed by atoms with Gasteiger partial charge in [-0.1, -0.05) is 30.3 Å². The minimum atomic E-state index is -4.22. The maximum atomic E-state index is 14.0. The number of hydrogen-bond donors (Lipinski definition) is 2. The number of ether oxygens (including phenoxy) is 2. The summed E-state index contributed by atoms with van der Waals surface area (Å²) in [5, 5.41) is 9.67. The molecule has 1 atom stereocenters. The van der Waals surface area contributed by atoms with Crippen molar-refractivity contribution >= 4 is 34.4 Å².